The van der Waals surface area contributed by atoms with Gasteiger partial charge in [0.25, 0.3) is 0 Å². The predicted molar refractivity (Wildman–Crippen MR) is 125 cm³/mol. The fraction of sp³-hybridized carbons (Fsp3) is 0.308. The number of rotatable bonds is 5. The van der Waals surface area contributed by atoms with Gasteiger partial charge in [0.2, 0.25) is 5.91 Å². The van der Waals surface area contributed by atoms with E-state index in [-0.39, 0.29) is 23.6 Å². The van der Waals surface area contributed by atoms with Gasteiger partial charge in [-0.3, -0.25) is 14.4 Å². The monoisotopic (exact) mass is 450 g/mol. The fourth-order valence-corrected chi connectivity index (χ4v) is 4.40. The second-order valence-corrected chi connectivity index (χ2v) is 8.41. The quantitative estimate of drug-likeness (QED) is 0.546. The van der Waals surface area contributed by atoms with Gasteiger partial charge in [-0.1, -0.05) is 24.3 Å². The summed E-state index contributed by atoms with van der Waals surface area (Å²) in [6, 6.07) is 12.7. The molecule has 2 heterocycles. The van der Waals surface area contributed by atoms with Gasteiger partial charge in [0, 0.05) is 50.6 Å². The molecule has 0 spiro atoms. The number of nitrogens with zero attached hydrogens (tertiary/aromatic N) is 4. The lowest BCUT2D eigenvalue weighted by molar-refractivity contribution is -0.127. The van der Waals surface area contributed by atoms with Crippen LogP contribution in [0.15, 0.2) is 54.6 Å². The smallest absolute Gasteiger partial charge is 0.246 e. The minimum absolute atomic E-state index is 0.0302. The van der Waals surface area contributed by atoms with E-state index in [1.54, 1.807) is 30.3 Å². The zero-order valence-electron chi connectivity index (χ0n) is 19.1. The maximum Gasteiger partial charge on any atom is 0.246 e. The SMILES string of the molecule is Cc1nn(C)c(C)c1/C=C/C(=O)N1CCN(C(c2ccc(F)cc2)c2ccc(F)cc2)CC1. The Kier molecular flexibility index (Phi) is 6.70. The lowest BCUT2D eigenvalue weighted by Gasteiger charge is -2.39. The molecule has 1 aliphatic rings. The van der Waals surface area contributed by atoms with E-state index in [4.69, 9.17) is 0 Å². The van der Waals surface area contributed by atoms with E-state index in [0.717, 1.165) is 28.1 Å². The first-order chi connectivity index (χ1) is 15.8. The minimum atomic E-state index is -0.294. The summed E-state index contributed by atoms with van der Waals surface area (Å²) in [6.07, 6.45) is 3.45. The van der Waals surface area contributed by atoms with E-state index >= 15 is 0 Å². The Morgan fingerprint density at radius 3 is 1.88 bits per heavy atom. The third-order valence-electron chi connectivity index (χ3n) is 6.32. The molecule has 2 aromatic carbocycles. The molecule has 33 heavy (non-hydrogen) atoms. The van der Waals surface area contributed by atoms with Gasteiger partial charge in [-0.2, -0.15) is 5.10 Å². The number of piperazine rings is 1. The molecule has 0 aliphatic carbocycles. The third kappa shape index (κ3) is 5.03. The highest BCUT2D eigenvalue weighted by Crippen LogP contribution is 2.30. The predicted octanol–water partition coefficient (Wildman–Crippen LogP) is 4.26. The van der Waals surface area contributed by atoms with Crippen LogP contribution in [0.3, 0.4) is 0 Å². The number of aryl methyl sites for hydroxylation is 2. The van der Waals surface area contributed by atoms with Gasteiger partial charge >= 0.3 is 0 Å². The van der Waals surface area contributed by atoms with Crippen molar-refractivity contribution in [3.8, 4) is 0 Å². The van der Waals surface area contributed by atoms with Crippen LogP contribution in [-0.2, 0) is 11.8 Å². The van der Waals surface area contributed by atoms with Crippen LogP contribution in [0.2, 0.25) is 0 Å². The van der Waals surface area contributed by atoms with E-state index in [0.29, 0.717) is 26.2 Å². The summed E-state index contributed by atoms with van der Waals surface area (Å²) in [5, 5.41) is 4.39. The molecular formula is C26H28F2N4O. The van der Waals surface area contributed by atoms with Crippen molar-refractivity contribution in [2.24, 2.45) is 7.05 Å². The third-order valence-corrected chi connectivity index (χ3v) is 6.32. The molecule has 0 atom stereocenters. The number of hydrogen-bond acceptors (Lipinski definition) is 3. The maximum atomic E-state index is 13.5. The summed E-state index contributed by atoms with van der Waals surface area (Å²) in [7, 11) is 1.89. The Morgan fingerprint density at radius 2 is 1.42 bits per heavy atom. The molecule has 0 N–H and O–H groups in total. The first-order valence-electron chi connectivity index (χ1n) is 11.1. The maximum absolute atomic E-state index is 13.5. The number of benzene rings is 2. The summed E-state index contributed by atoms with van der Waals surface area (Å²) in [6.45, 7) is 6.38. The van der Waals surface area contributed by atoms with E-state index in [2.05, 4.69) is 10.00 Å². The zero-order chi connectivity index (χ0) is 23.5. The molecule has 7 heteroatoms. The number of aromatic nitrogens is 2. The minimum Gasteiger partial charge on any atom is -0.337 e. The molecule has 0 radical (unpaired) electrons. The van der Waals surface area contributed by atoms with Crippen molar-refractivity contribution in [2.45, 2.75) is 19.9 Å². The van der Waals surface area contributed by atoms with Crippen LogP contribution < -0.4 is 0 Å². The molecule has 1 aromatic heterocycles. The Bertz CT molecular complexity index is 1100. The molecule has 1 saturated heterocycles. The van der Waals surface area contributed by atoms with E-state index in [1.165, 1.54) is 24.3 Å². The average Bonchev–Trinajstić information content (AvgIpc) is 3.06. The first kappa shape index (κ1) is 22.9. The summed E-state index contributed by atoms with van der Waals surface area (Å²) in [5.74, 6) is -0.617. The fourth-order valence-electron chi connectivity index (χ4n) is 4.40. The van der Waals surface area contributed by atoms with Crippen molar-refractivity contribution in [2.75, 3.05) is 26.2 Å². The summed E-state index contributed by atoms with van der Waals surface area (Å²) in [4.78, 5) is 16.9. The highest BCUT2D eigenvalue weighted by molar-refractivity contribution is 5.92. The second kappa shape index (κ2) is 9.67. The van der Waals surface area contributed by atoms with Gasteiger partial charge in [0.15, 0.2) is 0 Å². The van der Waals surface area contributed by atoms with Gasteiger partial charge in [-0.15, -0.1) is 0 Å². The topological polar surface area (TPSA) is 41.4 Å². The Labute approximate surface area is 192 Å². The van der Waals surface area contributed by atoms with Crippen molar-refractivity contribution < 1.29 is 13.6 Å². The molecule has 3 aromatic rings. The van der Waals surface area contributed by atoms with Crippen LogP contribution in [0, 0.1) is 25.5 Å². The van der Waals surface area contributed by atoms with Crippen molar-refractivity contribution in [3.05, 3.63) is 94.3 Å². The van der Waals surface area contributed by atoms with E-state index in [9.17, 15) is 13.6 Å². The lowest BCUT2D eigenvalue weighted by atomic mass is 9.96. The molecule has 0 unspecified atom stereocenters. The van der Waals surface area contributed by atoms with Crippen LogP contribution in [-0.4, -0.2) is 51.7 Å². The Balaban J connectivity index is 1.48. The second-order valence-electron chi connectivity index (χ2n) is 8.41. The molecule has 1 fully saturated rings. The van der Waals surface area contributed by atoms with E-state index < -0.39 is 0 Å². The van der Waals surface area contributed by atoms with Gasteiger partial charge in [-0.05, 0) is 55.3 Å². The van der Waals surface area contributed by atoms with Crippen LogP contribution >= 0.6 is 0 Å². The van der Waals surface area contributed by atoms with Gasteiger partial charge in [0.1, 0.15) is 11.6 Å². The molecule has 1 amide bonds. The highest BCUT2D eigenvalue weighted by atomic mass is 19.1. The van der Waals surface area contributed by atoms with Crippen molar-refractivity contribution >= 4 is 12.0 Å². The normalized spacial score (nSPS) is 15.0. The molecule has 1 aliphatic heterocycles. The standard InChI is InChI=1S/C26H28F2N4O/c1-18-24(19(2)30(3)29-18)12-13-25(33)31-14-16-32(17-15-31)26(20-4-8-22(27)9-5-20)21-6-10-23(28)11-7-21/h4-13,26H,14-17H2,1-3H3/b13-12+. The summed E-state index contributed by atoms with van der Waals surface area (Å²) < 4.78 is 28.8. The Hall–Kier alpha value is -3.32. The van der Waals surface area contributed by atoms with Crippen LogP contribution in [0.25, 0.3) is 6.08 Å². The van der Waals surface area contributed by atoms with Gasteiger partial charge in [0.05, 0.1) is 11.7 Å². The number of carbonyl (C=O) groups excluding carboxylic acids is 1. The van der Waals surface area contributed by atoms with Crippen LogP contribution in [0.4, 0.5) is 8.78 Å². The van der Waals surface area contributed by atoms with Crippen LogP contribution in [0.5, 0.6) is 0 Å². The number of amides is 1. The molecule has 5 nitrogen and oxygen atoms in total. The molecule has 172 valence electrons. The largest absolute Gasteiger partial charge is 0.337 e. The average molecular weight is 451 g/mol. The molecular weight excluding hydrogens is 422 g/mol. The molecule has 0 saturated carbocycles. The van der Waals surface area contributed by atoms with Crippen molar-refractivity contribution in [3.63, 3.8) is 0 Å². The van der Waals surface area contributed by atoms with Gasteiger partial charge < -0.3 is 4.90 Å². The highest BCUT2D eigenvalue weighted by Gasteiger charge is 2.27. The number of carbonyl (C=O) groups is 1. The van der Waals surface area contributed by atoms with Crippen molar-refractivity contribution in [1.82, 2.24) is 19.6 Å². The van der Waals surface area contributed by atoms with Gasteiger partial charge in [-0.25, -0.2) is 8.78 Å². The Morgan fingerprint density at radius 1 is 0.909 bits per heavy atom. The molecule has 0 bridgehead atoms. The lowest BCUT2D eigenvalue weighted by Crippen LogP contribution is -2.49. The zero-order valence-corrected chi connectivity index (χ0v) is 19.1. The first-order valence-corrected chi connectivity index (χ1v) is 11.1. The molecule has 4 rings (SSSR count). The van der Waals surface area contributed by atoms with Crippen molar-refractivity contribution in [1.29, 1.82) is 0 Å². The summed E-state index contributed by atoms with van der Waals surface area (Å²) in [5.41, 5.74) is 4.75. The number of halogens is 2. The number of hydrogen-bond donors (Lipinski definition) is 0. The summed E-state index contributed by atoms with van der Waals surface area (Å²) >= 11 is 0. The van der Waals surface area contributed by atoms with E-state index in [1.807, 2.05) is 36.6 Å². The van der Waals surface area contributed by atoms with Crippen LogP contribution in [0.1, 0.15) is 34.1 Å².